The minimum Gasteiger partial charge on any atom is -0.303 e. The summed E-state index contributed by atoms with van der Waals surface area (Å²) < 4.78 is 0. The molecule has 1 unspecified atom stereocenters. The van der Waals surface area contributed by atoms with Gasteiger partial charge in [0, 0.05) is 6.54 Å². The Labute approximate surface area is 58.0 Å². The molecule has 1 nitrogen and oxygen atoms in total. The van der Waals surface area contributed by atoms with Gasteiger partial charge in [0.05, 0.1) is 0 Å². The molecule has 0 spiro atoms. The molecule has 0 aromatic carbocycles. The van der Waals surface area contributed by atoms with Gasteiger partial charge in [-0.05, 0) is 38.8 Å². The Morgan fingerprint density at radius 1 is 1.67 bits per heavy atom. The van der Waals surface area contributed by atoms with Crippen LogP contribution in [0.25, 0.3) is 0 Å². The van der Waals surface area contributed by atoms with Crippen molar-refractivity contribution in [1.29, 1.82) is 0 Å². The van der Waals surface area contributed by atoms with Gasteiger partial charge in [-0.25, -0.2) is 0 Å². The van der Waals surface area contributed by atoms with E-state index in [-0.39, 0.29) is 0 Å². The summed E-state index contributed by atoms with van der Waals surface area (Å²) in [7, 11) is 0. The number of likely N-dealkylation sites (tertiary alicyclic amines) is 1. The number of rotatable bonds is 1. The van der Waals surface area contributed by atoms with Crippen LogP contribution in [-0.2, 0) is 0 Å². The highest BCUT2D eigenvalue weighted by Crippen LogP contribution is 2.13. The van der Waals surface area contributed by atoms with Gasteiger partial charge in [-0.15, -0.1) is 0 Å². The van der Waals surface area contributed by atoms with Crippen molar-refractivity contribution in [2.45, 2.75) is 19.8 Å². The molecule has 1 aliphatic rings. The molecule has 0 N–H and O–H groups in total. The molecule has 9 heavy (non-hydrogen) atoms. The fraction of sp³-hybridized carbons (Fsp3) is 0.875. The Bertz CT molecular complexity index is 80.6. The minimum atomic E-state index is 0.693. The van der Waals surface area contributed by atoms with E-state index >= 15 is 0 Å². The standard InChI is InChI=1S/C8H16N/c1-3-9-6-4-5-8(2)7-9/h8H,2-7H2,1H3. The fourth-order valence-corrected chi connectivity index (χ4v) is 1.44. The number of hydrogen-bond donors (Lipinski definition) is 0. The van der Waals surface area contributed by atoms with Gasteiger partial charge in [-0.1, -0.05) is 6.92 Å². The summed E-state index contributed by atoms with van der Waals surface area (Å²) in [5.74, 6) is 0.693. The summed E-state index contributed by atoms with van der Waals surface area (Å²) in [6, 6.07) is 0. The Morgan fingerprint density at radius 2 is 2.44 bits per heavy atom. The lowest BCUT2D eigenvalue weighted by Crippen LogP contribution is -2.33. The van der Waals surface area contributed by atoms with Crippen LogP contribution in [0.1, 0.15) is 19.8 Å². The Balaban J connectivity index is 2.23. The smallest absolute Gasteiger partial charge is 0.000955 e. The summed E-state index contributed by atoms with van der Waals surface area (Å²) in [5, 5.41) is 0. The number of nitrogens with zero attached hydrogens (tertiary/aromatic N) is 1. The summed E-state index contributed by atoms with van der Waals surface area (Å²) in [4.78, 5) is 2.47. The quantitative estimate of drug-likeness (QED) is 0.515. The van der Waals surface area contributed by atoms with Gasteiger partial charge in [-0.3, -0.25) is 0 Å². The van der Waals surface area contributed by atoms with Gasteiger partial charge in [0.1, 0.15) is 0 Å². The first-order chi connectivity index (χ1) is 4.33. The van der Waals surface area contributed by atoms with Gasteiger partial charge >= 0.3 is 0 Å². The minimum absolute atomic E-state index is 0.693. The molecule has 1 radical (unpaired) electrons. The second-order valence-electron chi connectivity index (χ2n) is 2.90. The van der Waals surface area contributed by atoms with Crippen molar-refractivity contribution >= 4 is 0 Å². The average molecular weight is 126 g/mol. The molecule has 1 heteroatoms. The second kappa shape index (κ2) is 3.21. The largest absolute Gasteiger partial charge is 0.303 e. The van der Waals surface area contributed by atoms with Crippen molar-refractivity contribution < 1.29 is 0 Å². The lowest BCUT2D eigenvalue weighted by Gasteiger charge is -2.29. The van der Waals surface area contributed by atoms with Crippen molar-refractivity contribution in [2.75, 3.05) is 19.6 Å². The zero-order valence-electron chi connectivity index (χ0n) is 6.27. The molecule has 1 fully saturated rings. The van der Waals surface area contributed by atoms with Gasteiger partial charge in [0.15, 0.2) is 0 Å². The molecular weight excluding hydrogens is 110 g/mol. The third-order valence-corrected chi connectivity index (χ3v) is 2.05. The first-order valence-corrected chi connectivity index (χ1v) is 3.88. The molecule has 0 aromatic rings. The molecule has 0 aliphatic carbocycles. The number of piperidine rings is 1. The van der Waals surface area contributed by atoms with E-state index in [2.05, 4.69) is 18.7 Å². The third-order valence-electron chi connectivity index (χ3n) is 2.05. The monoisotopic (exact) mass is 126 g/mol. The van der Waals surface area contributed by atoms with E-state index in [1.54, 1.807) is 0 Å². The van der Waals surface area contributed by atoms with Gasteiger partial charge in [0.2, 0.25) is 0 Å². The predicted molar refractivity (Wildman–Crippen MR) is 40.2 cm³/mol. The Morgan fingerprint density at radius 3 is 2.89 bits per heavy atom. The summed E-state index contributed by atoms with van der Waals surface area (Å²) in [5.41, 5.74) is 0. The molecule has 0 saturated carbocycles. The first kappa shape index (κ1) is 7.07. The third kappa shape index (κ3) is 1.98. The van der Waals surface area contributed by atoms with Crippen LogP contribution in [0.3, 0.4) is 0 Å². The molecule has 1 rings (SSSR count). The van der Waals surface area contributed by atoms with Crippen molar-refractivity contribution in [3.63, 3.8) is 0 Å². The molecule has 0 aromatic heterocycles. The highest BCUT2D eigenvalue weighted by atomic mass is 15.1. The van der Waals surface area contributed by atoms with E-state index in [0.717, 1.165) is 0 Å². The highest BCUT2D eigenvalue weighted by Gasteiger charge is 2.13. The van der Waals surface area contributed by atoms with Gasteiger partial charge in [0.25, 0.3) is 0 Å². The van der Waals surface area contributed by atoms with E-state index in [1.165, 1.54) is 32.5 Å². The normalized spacial score (nSPS) is 30.7. The fourth-order valence-electron chi connectivity index (χ4n) is 1.44. The lowest BCUT2D eigenvalue weighted by atomic mass is 10.0. The first-order valence-electron chi connectivity index (χ1n) is 3.88. The van der Waals surface area contributed by atoms with E-state index in [0.29, 0.717) is 5.92 Å². The average Bonchev–Trinajstić information content (AvgIpc) is 1.88. The van der Waals surface area contributed by atoms with Crippen molar-refractivity contribution in [3.05, 3.63) is 6.92 Å². The van der Waals surface area contributed by atoms with Crippen LogP contribution in [-0.4, -0.2) is 24.5 Å². The predicted octanol–water partition coefficient (Wildman–Crippen LogP) is 1.55. The maximum atomic E-state index is 4.05. The molecule has 1 atom stereocenters. The molecule has 53 valence electrons. The van der Waals surface area contributed by atoms with Crippen LogP contribution in [0.5, 0.6) is 0 Å². The van der Waals surface area contributed by atoms with Crippen LogP contribution >= 0.6 is 0 Å². The highest BCUT2D eigenvalue weighted by molar-refractivity contribution is 4.72. The van der Waals surface area contributed by atoms with Crippen LogP contribution in [0.15, 0.2) is 0 Å². The molecule has 1 aliphatic heterocycles. The van der Waals surface area contributed by atoms with Crippen molar-refractivity contribution in [3.8, 4) is 0 Å². The molecule has 1 saturated heterocycles. The van der Waals surface area contributed by atoms with Crippen LogP contribution in [0, 0.1) is 12.8 Å². The lowest BCUT2D eigenvalue weighted by molar-refractivity contribution is 0.205. The molecular formula is C8H16N. The van der Waals surface area contributed by atoms with Crippen LogP contribution < -0.4 is 0 Å². The van der Waals surface area contributed by atoms with Gasteiger partial charge < -0.3 is 4.90 Å². The van der Waals surface area contributed by atoms with E-state index < -0.39 is 0 Å². The van der Waals surface area contributed by atoms with Crippen LogP contribution in [0.2, 0.25) is 0 Å². The summed E-state index contributed by atoms with van der Waals surface area (Å²) >= 11 is 0. The summed E-state index contributed by atoms with van der Waals surface area (Å²) in [6.07, 6.45) is 2.68. The summed E-state index contributed by atoms with van der Waals surface area (Å²) in [6.45, 7) is 9.99. The van der Waals surface area contributed by atoms with Gasteiger partial charge in [-0.2, -0.15) is 0 Å². The van der Waals surface area contributed by atoms with E-state index in [4.69, 9.17) is 0 Å². The SMILES string of the molecule is [CH2]C1CCCN(CC)C1. The zero-order valence-corrected chi connectivity index (χ0v) is 6.27. The van der Waals surface area contributed by atoms with Crippen molar-refractivity contribution in [2.24, 2.45) is 5.92 Å². The Hall–Kier alpha value is -0.0400. The number of hydrogen-bond acceptors (Lipinski definition) is 1. The second-order valence-corrected chi connectivity index (χ2v) is 2.90. The molecule has 0 bridgehead atoms. The van der Waals surface area contributed by atoms with E-state index in [1.807, 2.05) is 0 Å². The molecule has 0 amide bonds. The van der Waals surface area contributed by atoms with Crippen LogP contribution in [0.4, 0.5) is 0 Å². The Kier molecular flexibility index (Phi) is 2.52. The van der Waals surface area contributed by atoms with Crippen molar-refractivity contribution in [1.82, 2.24) is 4.90 Å². The topological polar surface area (TPSA) is 3.24 Å². The van der Waals surface area contributed by atoms with E-state index in [9.17, 15) is 0 Å². The maximum Gasteiger partial charge on any atom is 0.000955 e. The molecule has 1 heterocycles. The zero-order chi connectivity index (χ0) is 6.69. The maximum absolute atomic E-state index is 4.05.